The first-order chi connectivity index (χ1) is 10.1. The quantitative estimate of drug-likeness (QED) is 0.801. The Kier molecular flexibility index (Phi) is 3.05. The second-order valence-electron chi connectivity index (χ2n) is 4.18. The summed E-state index contributed by atoms with van der Waals surface area (Å²) in [4.78, 5) is 18.6. The van der Waals surface area contributed by atoms with Crippen LogP contribution in [0.15, 0.2) is 36.7 Å². The summed E-state index contributed by atoms with van der Waals surface area (Å²) in [6.07, 6.45) is 0.111. The maximum atomic E-state index is 13.1. The van der Waals surface area contributed by atoms with Crippen LogP contribution in [0.4, 0.5) is 8.78 Å². The lowest BCUT2D eigenvalue weighted by molar-refractivity contribution is 0.0676. The zero-order chi connectivity index (χ0) is 15.0. The van der Waals surface area contributed by atoms with Gasteiger partial charge in [-0.1, -0.05) is 0 Å². The fraction of sp³-hybridized carbons (Fsp3) is 0.0769. The lowest BCUT2D eigenvalue weighted by atomic mass is 10.2. The van der Waals surface area contributed by atoms with E-state index < -0.39 is 23.8 Å². The van der Waals surface area contributed by atoms with Crippen molar-refractivity contribution in [2.45, 2.75) is 6.43 Å². The molecule has 0 amide bonds. The molecule has 0 saturated carbocycles. The normalized spacial score (nSPS) is 11.2. The molecule has 0 unspecified atom stereocenters. The van der Waals surface area contributed by atoms with Crippen molar-refractivity contribution < 1.29 is 18.7 Å². The number of alkyl halides is 2. The van der Waals surface area contributed by atoms with Gasteiger partial charge in [0.15, 0.2) is 11.3 Å². The Balaban J connectivity index is 2.26. The van der Waals surface area contributed by atoms with Crippen LogP contribution in [0, 0.1) is 0 Å². The van der Waals surface area contributed by atoms with Gasteiger partial charge in [-0.3, -0.25) is 4.98 Å². The van der Waals surface area contributed by atoms with E-state index in [0.29, 0.717) is 11.3 Å². The molecule has 3 aromatic rings. The monoisotopic (exact) mass is 290 g/mol. The number of hydrogen-bond acceptors (Lipinski definition) is 4. The lowest BCUT2D eigenvalue weighted by Gasteiger charge is -2.03. The van der Waals surface area contributed by atoms with Crippen molar-refractivity contribution in [3.63, 3.8) is 0 Å². The summed E-state index contributed by atoms with van der Waals surface area (Å²) in [6, 6.07) is 6.41. The number of hydrogen-bond donors (Lipinski definition) is 1. The Morgan fingerprint density at radius 3 is 2.71 bits per heavy atom. The number of carboxylic acids is 1. The molecule has 106 valence electrons. The summed E-state index contributed by atoms with van der Waals surface area (Å²) in [7, 11) is 0. The average molecular weight is 290 g/mol. The number of fused-ring (bicyclic) bond motifs is 1. The second kappa shape index (κ2) is 4.89. The number of nitrogens with zero attached hydrogens (tertiary/aromatic N) is 4. The molecular weight excluding hydrogens is 282 g/mol. The standard InChI is InChI=1S/C13H8F2N4O2/c14-12(15)11-10(13(20)21)17-9-4-3-8(18-19(9)11)7-2-1-5-16-6-7/h1-6,12H,(H,20,21). The van der Waals surface area contributed by atoms with Gasteiger partial charge in [-0.05, 0) is 24.3 Å². The molecule has 0 radical (unpaired) electrons. The molecule has 21 heavy (non-hydrogen) atoms. The summed E-state index contributed by atoms with van der Waals surface area (Å²) >= 11 is 0. The number of halogens is 2. The number of rotatable bonds is 3. The second-order valence-corrected chi connectivity index (χ2v) is 4.18. The molecule has 0 aliphatic carbocycles. The molecular formula is C13H8F2N4O2. The first-order valence-corrected chi connectivity index (χ1v) is 5.89. The van der Waals surface area contributed by atoms with Gasteiger partial charge in [0.25, 0.3) is 6.43 Å². The number of pyridine rings is 1. The van der Waals surface area contributed by atoms with Crippen LogP contribution in [-0.4, -0.2) is 30.7 Å². The van der Waals surface area contributed by atoms with E-state index in [-0.39, 0.29) is 5.65 Å². The Morgan fingerprint density at radius 1 is 1.29 bits per heavy atom. The molecule has 3 aromatic heterocycles. The molecule has 0 saturated heterocycles. The molecule has 0 atom stereocenters. The highest BCUT2D eigenvalue weighted by molar-refractivity contribution is 5.88. The summed E-state index contributed by atoms with van der Waals surface area (Å²) in [5, 5.41) is 13.0. The molecule has 1 N–H and O–H groups in total. The third kappa shape index (κ3) is 2.20. The number of carbonyl (C=O) groups is 1. The van der Waals surface area contributed by atoms with Gasteiger partial charge in [0.2, 0.25) is 0 Å². The van der Waals surface area contributed by atoms with E-state index in [2.05, 4.69) is 15.1 Å². The molecule has 0 fully saturated rings. The third-order valence-corrected chi connectivity index (χ3v) is 2.88. The van der Waals surface area contributed by atoms with E-state index in [1.165, 1.54) is 12.3 Å². The van der Waals surface area contributed by atoms with E-state index in [1.807, 2.05) is 0 Å². The van der Waals surface area contributed by atoms with E-state index in [1.54, 1.807) is 24.4 Å². The van der Waals surface area contributed by atoms with Crippen molar-refractivity contribution in [1.29, 1.82) is 0 Å². The molecule has 0 spiro atoms. The minimum atomic E-state index is -3.00. The molecule has 0 aliphatic heterocycles. The highest BCUT2D eigenvalue weighted by atomic mass is 19.3. The van der Waals surface area contributed by atoms with Crippen molar-refractivity contribution in [3.05, 3.63) is 48.0 Å². The van der Waals surface area contributed by atoms with Crippen LogP contribution in [0.3, 0.4) is 0 Å². The SMILES string of the molecule is O=C(O)c1nc2ccc(-c3cccnc3)nn2c1C(F)F. The van der Waals surface area contributed by atoms with Gasteiger partial charge in [0, 0.05) is 18.0 Å². The van der Waals surface area contributed by atoms with Crippen molar-refractivity contribution >= 4 is 11.6 Å². The largest absolute Gasteiger partial charge is 0.476 e. The first kappa shape index (κ1) is 13.1. The lowest BCUT2D eigenvalue weighted by Crippen LogP contribution is -2.05. The van der Waals surface area contributed by atoms with Gasteiger partial charge in [-0.25, -0.2) is 23.1 Å². The van der Waals surface area contributed by atoms with Crippen molar-refractivity contribution in [1.82, 2.24) is 19.6 Å². The van der Waals surface area contributed by atoms with Gasteiger partial charge in [0.1, 0.15) is 5.69 Å². The van der Waals surface area contributed by atoms with Crippen molar-refractivity contribution in [2.24, 2.45) is 0 Å². The van der Waals surface area contributed by atoms with Crippen LogP contribution in [0.5, 0.6) is 0 Å². The molecule has 3 heterocycles. The maximum Gasteiger partial charge on any atom is 0.356 e. The zero-order valence-corrected chi connectivity index (χ0v) is 10.4. The minimum Gasteiger partial charge on any atom is -0.476 e. The van der Waals surface area contributed by atoms with E-state index in [4.69, 9.17) is 5.11 Å². The van der Waals surface area contributed by atoms with Gasteiger partial charge in [0.05, 0.1) is 5.69 Å². The number of carboxylic acid groups (broad SMARTS) is 1. The van der Waals surface area contributed by atoms with Gasteiger partial charge >= 0.3 is 5.97 Å². The average Bonchev–Trinajstić information content (AvgIpc) is 2.87. The summed E-state index contributed by atoms with van der Waals surface area (Å²) in [6.45, 7) is 0. The van der Waals surface area contributed by atoms with Crippen LogP contribution in [0.25, 0.3) is 16.9 Å². The number of aromatic nitrogens is 4. The van der Waals surface area contributed by atoms with Crippen LogP contribution < -0.4 is 0 Å². The minimum absolute atomic E-state index is 0.0512. The maximum absolute atomic E-state index is 13.1. The number of aromatic carboxylic acids is 1. The molecule has 3 rings (SSSR count). The van der Waals surface area contributed by atoms with E-state index in [0.717, 1.165) is 4.52 Å². The van der Waals surface area contributed by atoms with Crippen LogP contribution >= 0.6 is 0 Å². The number of imidazole rings is 1. The predicted molar refractivity (Wildman–Crippen MR) is 68.1 cm³/mol. The Morgan fingerprint density at radius 2 is 2.10 bits per heavy atom. The Hall–Kier alpha value is -2.90. The highest BCUT2D eigenvalue weighted by Crippen LogP contribution is 2.25. The van der Waals surface area contributed by atoms with Gasteiger partial charge in [-0.15, -0.1) is 0 Å². The third-order valence-electron chi connectivity index (χ3n) is 2.88. The van der Waals surface area contributed by atoms with E-state index in [9.17, 15) is 13.6 Å². The predicted octanol–water partition coefficient (Wildman–Crippen LogP) is 2.43. The van der Waals surface area contributed by atoms with Crippen molar-refractivity contribution in [3.8, 4) is 11.3 Å². The molecule has 6 nitrogen and oxygen atoms in total. The fourth-order valence-electron chi connectivity index (χ4n) is 1.97. The van der Waals surface area contributed by atoms with Crippen LogP contribution in [-0.2, 0) is 0 Å². The molecule has 8 heteroatoms. The topological polar surface area (TPSA) is 80.4 Å². The Bertz CT molecular complexity index is 818. The van der Waals surface area contributed by atoms with Crippen molar-refractivity contribution in [2.75, 3.05) is 0 Å². The van der Waals surface area contributed by atoms with Gasteiger partial charge in [-0.2, -0.15) is 5.10 Å². The molecule has 0 aromatic carbocycles. The molecule has 0 aliphatic rings. The van der Waals surface area contributed by atoms with Crippen LogP contribution in [0.2, 0.25) is 0 Å². The first-order valence-electron chi connectivity index (χ1n) is 5.89. The molecule has 0 bridgehead atoms. The zero-order valence-electron chi connectivity index (χ0n) is 10.4. The Labute approximate surface area is 116 Å². The summed E-state index contributed by atoms with van der Waals surface area (Å²) < 4.78 is 27.1. The van der Waals surface area contributed by atoms with Gasteiger partial charge < -0.3 is 5.11 Å². The summed E-state index contributed by atoms with van der Waals surface area (Å²) in [5.74, 6) is -1.52. The summed E-state index contributed by atoms with van der Waals surface area (Å²) in [5.41, 5.74) is -0.351. The smallest absolute Gasteiger partial charge is 0.356 e. The van der Waals surface area contributed by atoms with E-state index >= 15 is 0 Å². The fourth-order valence-corrected chi connectivity index (χ4v) is 1.97. The van der Waals surface area contributed by atoms with Crippen LogP contribution in [0.1, 0.15) is 22.6 Å². The highest BCUT2D eigenvalue weighted by Gasteiger charge is 2.26.